The van der Waals surface area contributed by atoms with E-state index in [0.717, 1.165) is 30.4 Å². The van der Waals surface area contributed by atoms with Crippen molar-refractivity contribution in [1.82, 2.24) is 10.0 Å². The van der Waals surface area contributed by atoms with Crippen LogP contribution in [0.5, 0.6) is 0 Å². The van der Waals surface area contributed by atoms with Crippen molar-refractivity contribution in [1.29, 1.82) is 0 Å². The first-order valence-electron chi connectivity index (χ1n) is 7.74. The van der Waals surface area contributed by atoms with Crippen molar-refractivity contribution in [2.24, 2.45) is 0 Å². The third-order valence-corrected chi connectivity index (χ3v) is 5.18. The molecule has 0 saturated carbocycles. The number of ether oxygens (including phenoxy) is 1. The van der Waals surface area contributed by atoms with Crippen molar-refractivity contribution < 1.29 is 17.9 Å². The number of piperidine rings is 1. The fourth-order valence-corrected chi connectivity index (χ4v) is 3.91. The van der Waals surface area contributed by atoms with Crippen LogP contribution in [0.15, 0.2) is 33.6 Å². The summed E-state index contributed by atoms with van der Waals surface area (Å²) < 4.78 is 32.3. The predicted molar refractivity (Wildman–Crippen MR) is 97.3 cm³/mol. The summed E-state index contributed by atoms with van der Waals surface area (Å²) in [6.45, 7) is 7.65. The first-order chi connectivity index (χ1) is 11.1. The highest BCUT2D eigenvalue weighted by atomic mass is 79.9. The van der Waals surface area contributed by atoms with Crippen molar-refractivity contribution in [2.75, 3.05) is 13.1 Å². The summed E-state index contributed by atoms with van der Waals surface area (Å²) >= 11 is 3.28. The molecular weight excluding hydrogens is 396 g/mol. The minimum absolute atomic E-state index is 0.0419. The van der Waals surface area contributed by atoms with Gasteiger partial charge >= 0.3 is 0 Å². The molecule has 0 radical (unpaired) electrons. The molecule has 0 unspecified atom stereocenters. The molecule has 1 aromatic rings. The number of hydrogen-bond acceptors (Lipinski definition) is 5. The normalized spacial score (nSPS) is 16.0. The van der Waals surface area contributed by atoms with Gasteiger partial charge in [0.1, 0.15) is 5.60 Å². The van der Waals surface area contributed by atoms with Gasteiger partial charge in [0.25, 0.3) is 6.47 Å². The number of hydrogen-bond donors (Lipinski definition) is 2. The van der Waals surface area contributed by atoms with Crippen LogP contribution in [0.4, 0.5) is 0 Å². The Morgan fingerprint density at radius 3 is 2.38 bits per heavy atom. The zero-order valence-corrected chi connectivity index (χ0v) is 16.6. The molecule has 24 heavy (non-hydrogen) atoms. The van der Waals surface area contributed by atoms with Crippen molar-refractivity contribution in [3.05, 3.63) is 28.7 Å². The molecule has 1 aliphatic heterocycles. The second-order valence-electron chi connectivity index (χ2n) is 6.43. The Hall–Kier alpha value is -0.960. The minimum Gasteiger partial charge on any atom is -0.462 e. The van der Waals surface area contributed by atoms with Crippen LogP contribution in [0.25, 0.3) is 0 Å². The van der Waals surface area contributed by atoms with Crippen LogP contribution >= 0.6 is 15.9 Å². The molecule has 2 rings (SSSR count). The average molecular weight is 421 g/mol. The largest absolute Gasteiger partial charge is 0.462 e. The Bertz CT molecular complexity index is 623. The number of carbonyl (C=O) groups is 1. The van der Waals surface area contributed by atoms with Crippen LogP contribution in [0.1, 0.15) is 33.6 Å². The zero-order chi connectivity index (χ0) is 18.2. The average Bonchev–Trinajstić information content (AvgIpc) is 2.47. The molecule has 0 amide bonds. The third kappa shape index (κ3) is 8.23. The quantitative estimate of drug-likeness (QED) is 0.730. The van der Waals surface area contributed by atoms with Crippen molar-refractivity contribution in [2.45, 2.75) is 50.2 Å². The van der Waals surface area contributed by atoms with Gasteiger partial charge in [0, 0.05) is 10.5 Å². The van der Waals surface area contributed by atoms with Crippen LogP contribution < -0.4 is 10.0 Å². The van der Waals surface area contributed by atoms with Crippen LogP contribution in [0, 0.1) is 0 Å². The molecule has 1 fully saturated rings. The van der Waals surface area contributed by atoms with E-state index in [1.165, 1.54) is 0 Å². The van der Waals surface area contributed by atoms with Crippen LogP contribution in [-0.4, -0.2) is 39.6 Å². The minimum atomic E-state index is -3.39. The molecule has 1 heterocycles. The van der Waals surface area contributed by atoms with Gasteiger partial charge in [-0.15, -0.1) is 0 Å². The number of halogens is 1. The SMILES string of the molecule is CC(C)(C)OC=O.O=S(=O)(NC1CCNCC1)c1cccc(Br)c1. The summed E-state index contributed by atoms with van der Waals surface area (Å²) in [6.07, 6.45) is 1.68. The Labute approximate surface area is 152 Å². The first kappa shape index (κ1) is 21.1. The van der Waals surface area contributed by atoms with Gasteiger partial charge in [-0.25, -0.2) is 13.1 Å². The number of sulfonamides is 1. The van der Waals surface area contributed by atoms with Crippen molar-refractivity contribution >= 4 is 32.4 Å². The monoisotopic (exact) mass is 420 g/mol. The number of nitrogens with one attached hydrogen (secondary N) is 2. The Balaban J connectivity index is 0.000000351. The third-order valence-electron chi connectivity index (χ3n) is 3.17. The second kappa shape index (κ2) is 9.50. The smallest absolute Gasteiger partial charge is 0.293 e. The van der Waals surface area contributed by atoms with Crippen LogP contribution in [0.3, 0.4) is 0 Å². The predicted octanol–water partition coefficient (Wildman–Crippen LogP) is 2.44. The highest BCUT2D eigenvalue weighted by Gasteiger charge is 2.21. The molecule has 0 spiro atoms. The summed E-state index contributed by atoms with van der Waals surface area (Å²) in [5.41, 5.74) is -0.318. The summed E-state index contributed by atoms with van der Waals surface area (Å²) in [7, 11) is -3.39. The summed E-state index contributed by atoms with van der Waals surface area (Å²) in [5.74, 6) is 0. The lowest BCUT2D eigenvalue weighted by Crippen LogP contribution is -2.42. The summed E-state index contributed by atoms with van der Waals surface area (Å²) in [6, 6.07) is 6.79. The van der Waals surface area contributed by atoms with E-state index >= 15 is 0 Å². The lowest BCUT2D eigenvalue weighted by Gasteiger charge is -2.23. The molecule has 2 N–H and O–H groups in total. The maximum Gasteiger partial charge on any atom is 0.293 e. The molecule has 0 aliphatic carbocycles. The topological polar surface area (TPSA) is 84.5 Å². The highest BCUT2D eigenvalue weighted by Crippen LogP contribution is 2.17. The summed E-state index contributed by atoms with van der Waals surface area (Å²) in [5, 5.41) is 3.21. The van der Waals surface area contributed by atoms with E-state index in [2.05, 4.69) is 30.7 Å². The number of carbonyl (C=O) groups excluding carboxylic acids is 1. The fourth-order valence-electron chi connectivity index (χ4n) is 2.01. The van der Waals surface area contributed by atoms with Gasteiger partial charge in [-0.1, -0.05) is 22.0 Å². The molecule has 1 saturated heterocycles. The van der Waals surface area contributed by atoms with Gasteiger partial charge in [0.2, 0.25) is 10.0 Å². The molecule has 136 valence electrons. The van der Waals surface area contributed by atoms with Crippen LogP contribution in [0.2, 0.25) is 0 Å². The standard InChI is InChI=1S/C11H15BrN2O2S.C5H10O2/c12-9-2-1-3-11(8-9)17(15,16)14-10-4-6-13-7-5-10;1-5(2,3)7-4-6/h1-3,8,10,13-14H,4-7H2;4H,1-3H3. The summed E-state index contributed by atoms with van der Waals surface area (Å²) in [4.78, 5) is 9.91. The lowest BCUT2D eigenvalue weighted by molar-refractivity contribution is -0.138. The van der Waals surface area contributed by atoms with Crippen molar-refractivity contribution in [3.8, 4) is 0 Å². The van der Waals surface area contributed by atoms with Gasteiger partial charge in [0.05, 0.1) is 4.90 Å². The molecule has 0 atom stereocenters. The first-order valence-corrected chi connectivity index (χ1v) is 10.0. The van der Waals surface area contributed by atoms with Crippen molar-refractivity contribution in [3.63, 3.8) is 0 Å². The maximum absolute atomic E-state index is 12.1. The van der Waals surface area contributed by atoms with Gasteiger partial charge < -0.3 is 10.1 Å². The van der Waals surface area contributed by atoms with E-state index in [0.29, 0.717) is 11.4 Å². The van der Waals surface area contributed by atoms with Gasteiger partial charge in [-0.05, 0) is 64.9 Å². The van der Waals surface area contributed by atoms with Gasteiger partial charge in [-0.2, -0.15) is 0 Å². The van der Waals surface area contributed by atoms with Crippen LogP contribution in [-0.2, 0) is 19.6 Å². The zero-order valence-electron chi connectivity index (χ0n) is 14.2. The van der Waals surface area contributed by atoms with E-state index in [4.69, 9.17) is 0 Å². The number of rotatable bonds is 4. The molecule has 1 aromatic carbocycles. The number of benzene rings is 1. The van der Waals surface area contributed by atoms with E-state index < -0.39 is 10.0 Å². The Morgan fingerprint density at radius 2 is 1.92 bits per heavy atom. The van der Waals surface area contributed by atoms with E-state index in [1.54, 1.807) is 18.2 Å². The van der Waals surface area contributed by atoms with E-state index in [1.807, 2.05) is 26.8 Å². The van der Waals surface area contributed by atoms with E-state index in [9.17, 15) is 13.2 Å². The molecule has 0 aromatic heterocycles. The molecule has 1 aliphatic rings. The fraction of sp³-hybridized carbons (Fsp3) is 0.562. The Kier molecular flexibility index (Phi) is 8.35. The Morgan fingerprint density at radius 1 is 1.29 bits per heavy atom. The van der Waals surface area contributed by atoms with E-state index in [-0.39, 0.29) is 11.6 Å². The highest BCUT2D eigenvalue weighted by molar-refractivity contribution is 9.10. The lowest BCUT2D eigenvalue weighted by atomic mass is 10.1. The maximum atomic E-state index is 12.1. The van der Waals surface area contributed by atoms with Gasteiger partial charge in [0.15, 0.2) is 0 Å². The molecule has 6 nitrogen and oxygen atoms in total. The molecule has 0 bridgehead atoms. The van der Waals surface area contributed by atoms with Gasteiger partial charge in [-0.3, -0.25) is 4.79 Å². The second-order valence-corrected chi connectivity index (χ2v) is 9.06. The molecule has 8 heteroatoms. The molecular formula is C16H25BrN2O4S.